The van der Waals surface area contributed by atoms with E-state index in [1.54, 1.807) is 25.7 Å². The van der Waals surface area contributed by atoms with Crippen molar-refractivity contribution in [2.24, 2.45) is 5.92 Å². The molecule has 35 heavy (non-hydrogen) atoms. The van der Waals surface area contributed by atoms with E-state index in [1.165, 1.54) is 0 Å². The van der Waals surface area contributed by atoms with Gasteiger partial charge in [0, 0.05) is 12.6 Å². The Morgan fingerprint density at radius 1 is 1.14 bits per heavy atom. The molecule has 0 saturated heterocycles. The van der Waals surface area contributed by atoms with E-state index in [4.69, 9.17) is 4.74 Å². The van der Waals surface area contributed by atoms with Gasteiger partial charge in [-0.1, -0.05) is 57.4 Å². The number of ether oxygens (including phenoxy) is 1. The Labute approximate surface area is 211 Å². The van der Waals surface area contributed by atoms with E-state index in [0.29, 0.717) is 13.0 Å². The van der Waals surface area contributed by atoms with Crippen LogP contribution >= 0.6 is 0 Å². The zero-order valence-electron chi connectivity index (χ0n) is 22.9. The number of hydrogen-bond acceptors (Lipinski definition) is 4. The third-order valence-corrected chi connectivity index (χ3v) is 6.43. The smallest absolute Gasteiger partial charge is 0.408 e. The summed E-state index contributed by atoms with van der Waals surface area (Å²) in [7, 11) is 0. The summed E-state index contributed by atoms with van der Waals surface area (Å²) in [5.41, 5.74) is 2.15. The van der Waals surface area contributed by atoms with Crippen molar-refractivity contribution in [1.29, 1.82) is 0 Å². The molecule has 7 nitrogen and oxygen atoms in total. The summed E-state index contributed by atoms with van der Waals surface area (Å²) in [6.45, 7) is 15.9. The highest BCUT2D eigenvalue weighted by molar-refractivity contribution is 5.93. The van der Waals surface area contributed by atoms with E-state index in [1.807, 2.05) is 45.9 Å². The second kappa shape index (κ2) is 12.4. The molecule has 3 amide bonds. The SMILES string of the molecule is CCCCNC(=O)C(c1cc(C)ccc1C)N(C(=O)C(NC(=O)OC(C)(C)C)C(C)CC)C1CC1. The van der Waals surface area contributed by atoms with Crippen molar-refractivity contribution in [1.82, 2.24) is 15.5 Å². The number of carbonyl (C=O) groups excluding carboxylic acids is 3. The lowest BCUT2D eigenvalue weighted by molar-refractivity contribution is -0.144. The number of alkyl carbamates (subject to hydrolysis) is 1. The Morgan fingerprint density at radius 3 is 2.34 bits per heavy atom. The number of hydrogen-bond donors (Lipinski definition) is 2. The van der Waals surface area contributed by atoms with Crippen molar-refractivity contribution in [3.8, 4) is 0 Å². The van der Waals surface area contributed by atoms with Crippen molar-refractivity contribution in [2.75, 3.05) is 6.54 Å². The summed E-state index contributed by atoms with van der Waals surface area (Å²) in [6, 6.07) is 4.45. The fourth-order valence-electron chi connectivity index (χ4n) is 4.11. The highest BCUT2D eigenvalue weighted by Gasteiger charge is 2.45. The zero-order valence-corrected chi connectivity index (χ0v) is 22.9. The maximum atomic E-state index is 14.1. The van der Waals surface area contributed by atoms with Crippen molar-refractivity contribution < 1.29 is 19.1 Å². The van der Waals surface area contributed by atoms with Crippen LogP contribution in [0.1, 0.15) is 96.4 Å². The van der Waals surface area contributed by atoms with Crippen LogP contribution in [0.15, 0.2) is 18.2 Å². The Morgan fingerprint density at radius 2 is 1.80 bits per heavy atom. The topological polar surface area (TPSA) is 87.7 Å². The minimum absolute atomic E-state index is 0.0312. The van der Waals surface area contributed by atoms with E-state index in [0.717, 1.165) is 42.4 Å². The van der Waals surface area contributed by atoms with Gasteiger partial charge < -0.3 is 20.3 Å². The molecular weight excluding hydrogens is 442 g/mol. The Hall–Kier alpha value is -2.57. The largest absolute Gasteiger partial charge is 0.444 e. The van der Waals surface area contributed by atoms with Gasteiger partial charge in [-0.05, 0) is 70.9 Å². The second-order valence-electron chi connectivity index (χ2n) is 10.9. The van der Waals surface area contributed by atoms with Gasteiger partial charge >= 0.3 is 6.09 Å². The first kappa shape index (κ1) is 28.7. The standard InChI is InChI=1S/C28H45N3O4/c1-9-11-16-29-25(32)24(22-17-18(3)12-13-20(22)5)31(21-14-15-21)26(33)23(19(4)10-2)30-27(34)35-28(6,7)8/h12-13,17,19,21,23-24H,9-11,14-16H2,1-8H3,(H,29,32)(H,30,34). The van der Waals surface area contributed by atoms with Crippen LogP contribution in [-0.2, 0) is 14.3 Å². The quantitative estimate of drug-likeness (QED) is 0.421. The van der Waals surface area contributed by atoms with Crippen molar-refractivity contribution in [2.45, 2.75) is 111 Å². The number of aryl methyl sites for hydroxylation is 2. The molecule has 3 atom stereocenters. The third kappa shape index (κ3) is 8.25. The van der Waals surface area contributed by atoms with Gasteiger partial charge in [-0.25, -0.2) is 4.79 Å². The second-order valence-corrected chi connectivity index (χ2v) is 10.9. The van der Waals surface area contributed by atoms with E-state index < -0.39 is 23.8 Å². The summed E-state index contributed by atoms with van der Waals surface area (Å²) in [5.74, 6) is -0.532. The van der Waals surface area contributed by atoms with Gasteiger partial charge in [0.25, 0.3) is 0 Å². The number of benzene rings is 1. The van der Waals surface area contributed by atoms with Crippen LogP contribution < -0.4 is 10.6 Å². The molecule has 0 bridgehead atoms. The molecule has 1 aromatic rings. The molecule has 1 aliphatic rings. The van der Waals surface area contributed by atoms with Gasteiger partial charge in [-0.3, -0.25) is 9.59 Å². The highest BCUT2D eigenvalue weighted by Crippen LogP contribution is 2.37. The Bertz CT molecular complexity index is 889. The Kier molecular flexibility index (Phi) is 10.2. The molecule has 196 valence electrons. The third-order valence-electron chi connectivity index (χ3n) is 6.43. The number of nitrogens with zero attached hydrogens (tertiary/aromatic N) is 1. The first-order valence-corrected chi connectivity index (χ1v) is 13.1. The molecule has 2 N–H and O–H groups in total. The van der Waals surface area contributed by atoms with Crippen LogP contribution in [0, 0.1) is 19.8 Å². The highest BCUT2D eigenvalue weighted by atomic mass is 16.6. The number of nitrogens with one attached hydrogen (secondary N) is 2. The summed E-state index contributed by atoms with van der Waals surface area (Å²) < 4.78 is 5.46. The molecule has 2 rings (SSSR count). The predicted molar refractivity (Wildman–Crippen MR) is 139 cm³/mol. The molecule has 1 saturated carbocycles. The molecule has 1 aliphatic carbocycles. The predicted octanol–water partition coefficient (Wildman–Crippen LogP) is 5.19. The molecule has 0 heterocycles. The van der Waals surface area contributed by atoms with Crippen LogP contribution in [0.3, 0.4) is 0 Å². The lowest BCUT2D eigenvalue weighted by Gasteiger charge is -2.37. The van der Waals surface area contributed by atoms with Gasteiger partial charge in [-0.2, -0.15) is 0 Å². The molecule has 1 aromatic carbocycles. The van der Waals surface area contributed by atoms with Gasteiger partial charge in [0.15, 0.2) is 0 Å². The molecular formula is C28H45N3O4. The number of amides is 3. The van der Waals surface area contributed by atoms with Gasteiger partial charge in [-0.15, -0.1) is 0 Å². The normalized spacial score (nSPS) is 16.1. The maximum Gasteiger partial charge on any atom is 0.408 e. The fraction of sp³-hybridized carbons (Fsp3) is 0.679. The summed E-state index contributed by atoms with van der Waals surface area (Å²) in [4.78, 5) is 42.2. The van der Waals surface area contributed by atoms with E-state index in [9.17, 15) is 14.4 Å². The molecule has 0 radical (unpaired) electrons. The van der Waals surface area contributed by atoms with Gasteiger partial charge in [0.2, 0.25) is 11.8 Å². The summed E-state index contributed by atoms with van der Waals surface area (Å²) in [5, 5.41) is 5.88. The van der Waals surface area contributed by atoms with E-state index in [2.05, 4.69) is 17.6 Å². The minimum Gasteiger partial charge on any atom is -0.444 e. The molecule has 0 aliphatic heterocycles. The number of unbranched alkanes of at least 4 members (excludes halogenated alkanes) is 1. The summed E-state index contributed by atoms with van der Waals surface area (Å²) in [6.07, 6.45) is 3.60. The monoisotopic (exact) mass is 487 g/mol. The van der Waals surface area contributed by atoms with E-state index >= 15 is 0 Å². The molecule has 7 heteroatoms. The lowest BCUT2D eigenvalue weighted by Crippen LogP contribution is -2.56. The maximum absolute atomic E-state index is 14.1. The van der Waals surface area contributed by atoms with Crippen LogP contribution in [0.4, 0.5) is 4.79 Å². The number of carbonyl (C=O) groups is 3. The van der Waals surface area contributed by atoms with Crippen LogP contribution in [0.2, 0.25) is 0 Å². The first-order valence-electron chi connectivity index (χ1n) is 13.1. The molecule has 0 aromatic heterocycles. The van der Waals surface area contributed by atoms with Crippen LogP contribution in [-0.4, -0.2) is 47.0 Å². The van der Waals surface area contributed by atoms with Crippen molar-refractivity contribution in [3.63, 3.8) is 0 Å². The Balaban J connectivity index is 2.48. The van der Waals surface area contributed by atoms with Crippen LogP contribution in [0.5, 0.6) is 0 Å². The fourth-order valence-corrected chi connectivity index (χ4v) is 4.11. The average molecular weight is 488 g/mol. The van der Waals surface area contributed by atoms with E-state index in [-0.39, 0.29) is 23.8 Å². The molecule has 1 fully saturated rings. The zero-order chi connectivity index (χ0) is 26.3. The average Bonchev–Trinajstić information content (AvgIpc) is 3.60. The van der Waals surface area contributed by atoms with Gasteiger partial charge in [0.1, 0.15) is 17.7 Å². The van der Waals surface area contributed by atoms with Crippen molar-refractivity contribution in [3.05, 3.63) is 34.9 Å². The molecule has 3 unspecified atom stereocenters. The minimum atomic E-state index is -0.786. The lowest BCUT2D eigenvalue weighted by atomic mass is 9.93. The van der Waals surface area contributed by atoms with Gasteiger partial charge in [0.05, 0.1) is 0 Å². The first-order chi connectivity index (χ1) is 16.4. The van der Waals surface area contributed by atoms with Crippen molar-refractivity contribution >= 4 is 17.9 Å². The molecule has 0 spiro atoms. The number of rotatable bonds is 11. The summed E-state index contributed by atoms with van der Waals surface area (Å²) >= 11 is 0. The van der Waals surface area contributed by atoms with Crippen LogP contribution in [0.25, 0.3) is 0 Å².